The second kappa shape index (κ2) is 4.88. The molecule has 3 aromatic rings. The summed E-state index contributed by atoms with van der Waals surface area (Å²) >= 11 is 0. The van der Waals surface area contributed by atoms with Gasteiger partial charge in [0.05, 0.1) is 28.2 Å². The molecule has 0 atom stereocenters. The maximum Gasteiger partial charge on any atom is 0.416 e. The van der Waals surface area contributed by atoms with Crippen LogP contribution in [-0.2, 0) is 13.2 Å². The number of hydrogen-bond acceptors (Lipinski definition) is 2. The second-order valence-corrected chi connectivity index (χ2v) is 4.89. The Kier molecular flexibility index (Phi) is 3.14. The average Bonchev–Trinajstić information content (AvgIpc) is 2.83. The normalized spacial score (nSPS) is 11.6. The molecular formula is C16H10F3N3. The van der Waals surface area contributed by atoms with Gasteiger partial charge in [0.15, 0.2) is 0 Å². The maximum absolute atomic E-state index is 12.8. The summed E-state index contributed by atoms with van der Waals surface area (Å²) in [5, 5.41) is 8.94. The first-order valence-electron chi connectivity index (χ1n) is 6.44. The van der Waals surface area contributed by atoms with E-state index in [1.807, 2.05) is 6.07 Å². The van der Waals surface area contributed by atoms with Gasteiger partial charge in [-0.15, -0.1) is 0 Å². The van der Waals surface area contributed by atoms with Crippen LogP contribution in [0.15, 0.2) is 42.5 Å². The minimum absolute atomic E-state index is 0.273. The first-order valence-corrected chi connectivity index (χ1v) is 6.44. The van der Waals surface area contributed by atoms with Gasteiger partial charge in [0.25, 0.3) is 0 Å². The molecule has 0 amide bonds. The van der Waals surface area contributed by atoms with Crippen molar-refractivity contribution in [3.8, 4) is 17.5 Å². The lowest BCUT2D eigenvalue weighted by Crippen LogP contribution is -2.04. The molecule has 0 fully saturated rings. The van der Waals surface area contributed by atoms with E-state index in [-0.39, 0.29) is 5.52 Å². The van der Waals surface area contributed by atoms with Gasteiger partial charge in [-0.2, -0.15) is 18.4 Å². The van der Waals surface area contributed by atoms with Crippen LogP contribution in [0, 0.1) is 11.3 Å². The van der Waals surface area contributed by atoms with Crippen molar-refractivity contribution in [3.63, 3.8) is 0 Å². The predicted molar refractivity (Wildman–Crippen MR) is 75.9 cm³/mol. The first kappa shape index (κ1) is 14.1. The van der Waals surface area contributed by atoms with Crippen molar-refractivity contribution in [1.82, 2.24) is 9.55 Å². The number of alkyl halides is 3. The SMILES string of the molecule is Cn1c(-c2cccc(C#N)c2)nc2cc(C(F)(F)F)ccc21. The molecule has 0 aliphatic carbocycles. The molecule has 0 saturated heterocycles. The Morgan fingerprint density at radius 2 is 1.91 bits per heavy atom. The number of rotatable bonds is 1. The van der Waals surface area contributed by atoms with E-state index in [0.29, 0.717) is 22.5 Å². The van der Waals surface area contributed by atoms with Gasteiger partial charge < -0.3 is 4.57 Å². The molecule has 0 aliphatic rings. The van der Waals surface area contributed by atoms with Gasteiger partial charge in [-0.05, 0) is 30.3 Å². The van der Waals surface area contributed by atoms with Crippen molar-refractivity contribution >= 4 is 11.0 Å². The topological polar surface area (TPSA) is 41.6 Å². The molecule has 2 aromatic carbocycles. The van der Waals surface area contributed by atoms with Crippen molar-refractivity contribution in [2.75, 3.05) is 0 Å². The molecule has 1 aromatic heterocycles. The molecule has 6 heteroatoms. The molecule has 0 saturated carbocycles. The maximum atomic E-state index is 12.8. The quantitative estimate of drug-likeness (QED) is 0.678. The van der Waals surface area contributed by atoms with E-state index < -0.39 is 11.7 Å². The summed E-state index contributed by atoms with van der Waals surface area (Å²) in [4.78, 5) is 4.29. The van der Waals surface area contributed by atoms with Crippen LogP contribution in [-0.4, -0.2) is 9.55 Å². The molecule has 0 radical (unpaired) electrons. The van der Waals surface area contributed by atoms with Crippen molar-refractivity contribution in [1.29, 1.82) is 5.26 Å². The van der Waals surface area contributed by atoms with Gasteiger partial charge >= 0.3 is 6.18 Å². The minimum atomic E-state index is -4.40. The summed E-state index contributed by atoms with van der Waals surface area (Å²) in [6, 6.07) is 12.3. The number of hydrogen-bond donors (Lipinski definition) is 0. The third-order valence-electron chi connectivity index (χ3n) is 3.46. The Morgan fingerprint density at radius 3 is 2.59 bits per heavy atom. The van der Waals surface area contributed by atoms with Crippen LogP contribution >= 0.6 is 0 Å². The lowest BCUT2D eigenvalue weighted by molar-refractivity contribution is -0.137. The van der Waals surface area contributed by atoms with Crippen molar-refractivity contribution in [3.05, 3.63) is 53.6 Å². The van der Waals surface area contributed by atoms with E-state index in [9.17, 15) is 13.2 Å². The zero-order valence-electron chi connectivity index (χ0n) is 11.5. The monoisotopic (exact) mass is 301 g/mol. The summed E-state index contributed by atoms with van der Waals surface area (Å²) in [5.41, 5.74) is 1.31. The Labute approximate surface area is 124 Å². The summed E-state index contributed by atoms with van der Waals surface area (Å²) < 4.78 is 40.0. The zero-order valence-corrected chi connectivity index (χ0v) is 11.5. The Morgan fingerprint density at radius 1 is 1.14 bits per heavy atom. The van der Waals surface area contributed by atoms with Gasteiger partial charge in [-0.25, -0.2) is 4.98 Å². The van der Waals surface area contributed by atoms with Crippen LogP contribution in [0.2, 0.25) is 0 Å². The number of aromatic nitrogens is 2. The second-order valence-electron chi connectivity index (χ2n) is 4.89. The predicted octanol–water partition coefficient (Wildman–Crippen LogP) is 4.13. The van der Waals surface area contributed by atoms with E-state index in [4.69, 9.17) is 5.26 Å². The molecule has 0 aliphatic heterocycles. The molecule has 0 bridgehead atoms. The number of nitrogens with zero attached hydrogens (tertiary/aromatic N) is 3. The highest BCUT2D eigenvalue weighted by molar-refractivity contribution is 5.81. The van der Waals surface area contributed by atoms with Crippen molar-refractivity contribution in [2.45, 2.75) is 6.18 Å². The molecule has 0 unspecified atom stereocenters. The zero-order chi connectivity index (χ0) is 15.9. The van der Waals surface area contributed by atoms with Crippen LogP contribution in [0.4, 0.5) is 13.2 Å². The number of nitriles is 1. The Balaban J connectivity index is 2.19. The van der Waals surface area contributed by atoms with Gasteiger partial charge in [-0.3, -0.25) is 0 Å². The summed E-state index contributed by atoms with van der Waals surface area (Å²) in [7, 11) is 1.73. The molecular weight excluding hydrogens is 291 g/mol. The molecule has 3 rings (SSSR count). The minimum Gasteiger partial charge on any atom is -0.327 e. The smallest absolute Gasteiger partial charge is 0.327 e. The average molecular weight is 301 g/mol. The van der Waals surface area contributed by atoms with Gasteiger partial charge in [0, 0.05) is 12.6 Å². The third-order valence-corrected chi connectivity index (χ3v) is 3.46. The third kappa shape index (κ3) is 2.31. The molecule has 0 spiro atoms. The first-order chi connectivity index (χ1) is 10.4. The van der Waals surface area contributed by atoms with E-state index >= 15 is 0 Å². The molecule has 3 nitrogen and oxygen atoms in total. The number of fused-ring (bicyclic) bond motifs is 1. The van der Waals surface area contributed by atoms with Crippen LogP contribution in [0.25, 0.3) is 22.4 Å². The van der Waals surface area contributed by atoms with Crippen LogP contribution in [0.3, 0.4) is 0 Å². The number of benzene rings is 2. The van der Waals surface area contributed by atoms with Crippen LogP contribution in [0.1, 0.15) is 11.1 Å². The Hall–Kier alpha value is -2.81. The lowest BCUT2D eigenvalue weighted by atomic mass is 10.1. The Bertz CT molecular complexity index is 901. The highest BCUT2D eigenvalue weighted by Crippen LogP contribution is 2.32. The lowest BCUT2D eigenvalue weighted by Gasteiger charge is -2.06. The van der Waals surface area contributed by atoms with Crippen LogP contribution < -0.4 is 0 Å². The highest BCUT2D eigenvalue weighted by atomic mass is 19.4. The van der Waals surface area contributed by atoms with Gasteiger partial charge in [0.1, 0.15) is 5.82 Å². The number of imidazole rings is 1. The number of halogens is 3. The summed E-state index contributed by atoms with van der Waals surface area (Å²) in [6.07, 6.45) is -4.40. The number of aryl methyl sites for hydroxylation is 1. The van der Waals surface area contributed by atoms with E-state index in [0.717, 1.165) is 12.1 Å². The molecule has 0 N–H and O–H groups in total. The summed E-state index contributed by atoms with van der Waals surface area (Å²) in [6.45, 7) is 0. The fraction of sp³-hybridized carbons (Fsp3) is 0.125. The van der Waals surface area contributed by atoms with Gasteiger partial charge in [-0.1, -0.05) is 12.1 Å². The summed E-state index contributed by atoms with van der Waals surface area (Å²) in [5.74, 6) is 0.520. The van der Waals surface area contributed by atoms with Crippen molar-refractivity contribution in [2.24, 2.45) is 7.05 Å². The van der Waals surface area contributed by atoms with E-state index in [2.05, 4.69) is 4.98 Å². The van der Waals surface area contributed by atoms with Crippen molar-refractivity contribution < 1.29 is 13.2 Å². The fourth-order valence-electron chi connectivity index (χ4n) is 2.36. The van der Waals surface area contributed by atoms with Crippen LogP contribution in [0.5, 0.6) is 0 Å². The molecule has 22 heavy (non-hydrogen) atoms. The standard InChI is InChI=1S/C16H10F3N3/c1-22-14-6-5-12(16(17,18)19)8-13(14)21-15(22)11-4-2-3-10(7-11)9-20/h2-8H,1H3. The van der Waals surface area contributed by atoms with E-state index in [1.54, 1.807) is 35.9 Å². The van der Waals surface area contributed by atoms with Gasteiger partial charge in [0.2, 0.25) is 0 Å². The highest BCUT2D eigenvalue weighted by Gasteiger charge is 2.31. The van der Waals surface area contributed by atoms with E-state index in [1.165, 1.54) is 6.07 Å². The largest absolute Gasteiger partial charge is 0.416 e. The fourth-order valence-corrected chi connectivity index (χ4v) is 2.36. The molecule has 110 valence electrons. The molecule has 1 heterocycles.